The monoisotopic (exact) mass is 545 g/mol. The molecule has 1 unspecified atom stereocenters. The van der Waals surface area contributed by atoms with Crippen LogP contribution in [0.2, 0.25) is 0 Å². The highest BCUT2D eigenvalue weighted by molar-refractivity contribution is 14.1. The maximum Gasteiger partial charge on any atom is 0.460 e. The Balaban J connectivity index is 6.12. The minimum absolute atomic E-state index is 0.538. The highest BCUT2D eigenvalue weighted by Crippen LogP contribution is 2.60. The molecule has 0 saturated heterocycles. The van der Waals surface area contributed by atoms with Gasteiger partial charge in [-0.2, -0.15) is 57.1 Å². The number of amides is 1. The van der Waals surface area contributed by atoms with Crippen molar-refractivity contribution in [3.05, 3.63) is 0 Å². The second-order valence-corrected chi connectivity index (χ2v) is 6.91. The van der Waals surface area contributed by atoms with Crippen molar-refractivity contribution in [1.29, 1.82) is 0 Å². The molecule has 0 radical (unpaired) electrons. The number of halogens is 14. The number of carbonyl (C=O) groups excluding carboxylic acids is 1. The maximum absolute atomic E-state index is 13.5. The van der Waals surface area contributed by atoms with Gasteiger partial charge >= 0.3 is 35.8 Å². The highest BCUT2D eigenvalue weighted by Gasteiger charge is 2.90. The topological polar surface area (TPSA) is 20.3 Å². The van der Waals surface area contributed by atoms with Crippen LogP contribution in [-0.4, -0.2) is 64.6 Å². The quantitative estimate of drug-likeness (QED) is 0.251. The molecule has 0 bridgehead atoms. The van der Waals surface area contributed by atoms with E-state index in [1.807, 2.05) is 0 Å². The first-order chi connectivity index (χ1) is 11.5. The van der Waals surface area contributed by atoms with Crippen LogP contribution in [0, 0.1) is 0 Å². The van der Waals surface area contributed by atoms with Gasteiger partial charge in [-0.15, -0.1) is 0 Å². The van der Waals surface area contributed by atoms with E-state index in [0.29, 0.717) is 4.90 Å². The van der Waals surface area contributed by atoms with Crippen molar-refractivity contribution in [2.24, 2.45) is 0 Å². The van der Waals surface area contributed by atoms with Gasteiger partial charge in [0.05, 0.1) is 3.92 Å². The van der Waals surface area contributed by atoms with Crippen LogP contribution in [0.3, 0.4) is 0 Å². The minimum atomic E-state index is -7.93. The number of carbonyl (C=O) groups is 1. The molecule has 0 aliphatic rings. The van der Waals surface area contributed by atoms with E-state index in [1.165, 1.54) is 0 Å². The Hall–Kier alpha value is -0.710. The molecule has 1 atom stereocenters. The van der Waals surface area contributed by atoms with Crippen molar-refractivity contribution >= 4 is 28.5 Å². The molecule has 0 rings (SSSR count). The Morgan fingerprint density at radius 3 is 1.37 bits per heavy atom. The molecule has 16 heteroatoms. The second-order valence-electron chi connectivity index (χ2n) is 5.40. The molecule has 0 heterocycles. The molecule has 0 fully saturated rings. The summed E-state index contributed by atoms with van der Waals surface area (Å²) in [7, 11) is 1.85. The molecule has 0 N–H and O–H groups in total. The average Bonchev–Trinajstić information content (AvgIpc) is 2.43. The summed E-state index contributed by atoms with van der Waals surface area (Å²) in [6, 6.07) is 0. The summed E-state index contributed by atoms with van der Waals surface area (Å²) >= 11 is 0.761. The number of hydrogen-bond acceptors (Lipinski definition) is 1. The van der Waals surface area contributed by atoms with E-state index in [1.54, 1.807) is 0 Å². The van der Waals surface area contributed by atoms with Crippen LogP contribution in [0.5, 0.6) is 0 Å². The number of alkyl halides is 14. The predicted molar refractivity (Wildman–Crippen MR) is 71.9 cm³/mol. The molecule has 0 saturated carbocycles. The summed E-state index contributed by atoms with van der Waals surface area (Å²) in [5.74, 6) is -38.5. The first-order valence-corrected chi connectivity index (χ1v) is 7.54. The Morgan fingerprint density at radius 1 is 0.741 bits per heavy atom. The average molecular weight is 545 g/mol. The lowest BCUT2D eigenvalue weighted by atomic mass is 9.92. The lowest BCUT2D eigenvalue weighted by molar-refractivity contribution is -0.440. The van der Waals surface area contributed by atoms with Gasteiger partial charge in [0.2, 0.25) is 5.91 Å². The van der Waals surface area contributed by atoms with Gasteiger partial charge in [-0.25, -0.2) is 0 Å². The van der Waals surface area contributed by atoms with Gasteiger partial charge in [0, 0.05) is 20.5 Å². The van der Waals surface area contributed by atoms with Crippen LogP contribution in [0.1, 0.15) is 6.42 Å². The molecule has 162 valence electrons. The molecule has 0 aliphatic heterocycles. The van der Waals surface area contributed by atoms with E-state index in [-0.39, 0.29) is 0 Å². The van der Waals surface area contributed by atoms with Crippen molar-refractivity contribution in [3.63, 3.8) is 0 Å². The third-order valence-corrected chi connectivity index (χ3v) is 4.12. The van der Waals surface area contributed by atoms with Crippen LogP contribution in [-0.2, 0) is 4.79 Å². The smallest absolute Gasteiger partial charge is 0.348 e. The van der Waals surface area contributed by atoms with E-state index >= 15 is 0 Å². The number of nitrogens with zero attached hydrogens (tertiary/aromatic N) is 1. The van der Waals surface area contributed by atoms with E-state index in [4.69, 9.17) is 0 Å². The predicted octanol–water partition coefficient (Wildman–Crippen LogP) is 5.01. The fourth-order valence-corrected chi connectivity index (χ4v) is 2.63. The molecule has 0 aromatic carbocycles. The van der Waals surface area contributed by atoms with Crippen molar-refractivity contribution in [1.82, 2.24) is 4.90 Å². The summed E-state index contributed by atoms with van der Waals surface area (Å²) in [6.45, 7) is 0. The van der Waals surface area contributed by atoms with E-state index < -0.39 is 52.0 Å². The fraction of sp³-hybridized carbons (Fsp3) is 0.909. The fourth-order valence-electron chi connectivity index (χ4n) is 1.52. The lowest BCUT2D eigenvalue weighted by Crippen LogP contribution is -2.70. The third-order valence-electron chi connectivity index (χ3n) is 3.14. The zero-order valence-electron chi connectivity index (χ0n) is 12.9. The van der Waals surface area contributed by atoms with Crippen LogP contribution in [0.15, 0.2) is 0 Å². The van der Waals surface area contributed by atoms with Gasteiger partial charge in [0.1, 0.15) is 0 Å². The molecule has 0 spiro atoms. The maximum atomic E-state index is 13.5. The van der Waals surface area contributed by atoms with Gasteiger partial charge in [-0.1, -0.05) is 22.6 Å². The molecule has 0 aliphatic carbocycles. The molecule has 27 heavy (non-hydrogen) atoms. The number of hydrogen-bond donors (Lipinski definition) is 0. The van der Waals surface area contributed by atoms with Crippen molar-refractivity contribution in [2.45, 2.75) is 46.1 Å². The molecular formula is C11H9F13INO. The highest BCUT2D eigenvalue weighted by atomic mass is 127. The van der Waals surface area contributed by atoms with Crippen LogP contribution >= 0.6 is 22.6 Å². The Morgan fingerprint density at radius 2 is 1.07 bits per heavy atom. The molecule has 2 nitrogen and oxygen atoms in total. The summed E-state index contributed by atoms with van der Waals surface area (Å²) in [6.07, 6.45) is -9.99. The molecule has 0 aromatic rings. The zero-order chi connectivity index (χ0) is 22.4. The van der Waals surface area contributed by atoms with Gasteiger partial charge in [-0.3, -0.25) is 4.79 Å². The second kappa shape index (κ2) is 7.27. The van der Waals surface area contributed by atoms with E-state index in [0.717, 1.165) is 36.7 Å². The Labute approximate surface area is 156 Å². The van der Waals surface area contributed by atoms with Gasteiger partial charge in [-0.05, 0) is 0 Å². The largest absolute Gasteiger partial charge is 0.460 e. The summed E-state index contributed by atoms with van der Waals surface area (Å²) in [4.78, 5) is 11.9. The number of rotatable bonds is 7. The first-order valence-electron chi connectivity index (χ1n) is 6.30. The van der Waals surface area contributed by atoms with Crippen molar-refractivity contribution in [3.8, 4) is 0 Å². The van der Waals surface area contributed by atoms with Gasteiger partial charge in [0.15, 0.2) is 0 Å². The zero-order valence-corrected chi connectivity index (χ0v) is 15.1. The molecule has 0 aromatic heterocycles. The van der Waals surface area contributed by atoms with Crippen molar-refractivity contribution in [2.75, 3.05) is 14.1 Å². The van der Waals surface area contributed by atoms with E-state index in [2.05, 4.69) is 0 Å². The summed E-state index contributed by atoms with van der Waals surface area (Å²) < 4.78 is 165. The van der Waals surface area contributed by atoms with Crippen LogP contribution in [0.4, 0.5) is 57.1 Å². The van der Waals surface area contributed by atoms with E-state index in [9.17, 15) is 61.9 Å². The first kappa shape index (κ1) is 26.3. The van der Waals surface area contributed by atoms with Gasteiger partial charge < -0.3 is 4.90 Å². The normalized spacial score (nSPS) is 16.3. The minimum Gasteiger partial charge on any atom is -0.348 e. The standard InChI is InChI=1S/C11H9F13INO/c1-26(2)5(27)4(25)3-6(12,13)7(14,15)8(16,17)9(18,19)10(20,21)11(22,23)24/h4H,3H2,1-2H3. The van der Waals surface area contributed by atoms with Crippen molar-refractivity contribution < 1.29 is 61.9 Å². The SMILES string of the molecule is CN(C)C(=O)C(I)CC(F)(F)C(F)(F)C(F)(F)C(F)(F)C(F)(F)C(F)(F)F. The summed E-state index contributed by atoms with van der Waals surface area (Å²) in [5.41, 5.74) is 0. The van der Waals surface area contributed by atoms with Crippen LogP contribution in [0.25, 0.3) is 0 Å². The Bertz CT molecular complexity index is 557. The van der Waals surface area contributed by atoms with Gasteiger partial charge in [0.25, 0.3) is 0 Å². The molecule has 1 amide bonds. The van der Waals surface area contributed by atoms with Crippen LogP contribution < -0.4 is 0 Å². The summed E-state index contributed by atoms with van der Waals surface area (Å²) in [5, 5.41) is 0. The lowest BCUT2D eigenvalue weighted by Gasteiger charge is -2.40. The molecular weight excluding hydrogens is 536 g/mol. The Kier molecular flexibility index (Phi) is 7.08. The third kappa shape index (κ3) is 4.18.